The summed E-state index contributed by atoms with van der Waals surface area (Å²) >= 11 is 0. The van der Waals surface area contributed by atoms with Crippen molar-refractivity contribution in [1.82, 2.24) is 20.3 Å². The van der Waals surface area contributed by atoms with E-state index < -0.39 is 11.9 Å². The zero-order chi connectivity index (χ0) is 18.4. The number of aromatic nitrogens is 3. The molecule has 0 fully saturated rings. The molecule has 0 bridgehead atoms. The Labute approximate surface area is 147 Å². The number of nitrogens with one attached hydrogen (secondary N) is 1. The minimum absolute atomic E-state index is 0.0761. The molecule has 2 N–H and O–H groups in total. The number of carboxylic acid groups (broad SMARTS) is 1. The predicted molar refractivity (Wildman–Crippen MR) is 93.4 cm³/mol. The van der Waals surface area contributed by atoms with E-state index in [1.807, 2.05) is 51.1 Å². The number of para-hydroxylation sites is 1. The number of carbonyl (C=O) groups is 2. The van der Waals surface area contributed by atoms with Crippen LogP contribution in [0, 0.1) is 18.8 Å². The summed E-state index contributed by atoms with van der Waals surface area (Å²) in [7, 11) is 0. The zero-order valence-electron chi connectivity index (χ0n) is 14.8. The van der Waals surface area contributed by atoms with Gasteiger partial charge in [-0.2, -0.15) is 0 Å². The molecule has 0 aliphatic carbocycles. The Kier molecular flexibility index (Phi) is 6.27. The lowest BCUT2D eigenvalue weighted by Gasteiger charge is -2.15. The van der Waals surface area contributed by atoms with E-state index in [0.717, 1.165) is 11.4 Å². The quantitative estimate of drug-likeness (QED) is 0.763. The van der Waals surface area contributed by atoms with Gasteiger partial charge in [0, 0.05) is 6.54 Å². The molecule has 0 spiro atoms. The topological polar surface area (TPSA) is 97.1 Å². The molecular formula is C18H24N4O3. The van der Waals surface area contributed by atoms with Crippen molar-refractivity contribution in [1.29, 1.82) is 0 Å². The van der Waals surface area contributed by atoms with Crippen molar-refractivity contribution in [3.8, 4) is 5.69 Å². The van der Waals surface area contributed by atoms with Crippen LogP contribution in [0.5, 0.6) is 0 Å². The number of aliphatic carboxylic acids is 1. The minimum atomic E-state index is -0.889. The number of amides is 1. The van der Waals surface area contributed by atoms with Crippen molar-refractivity contribution in [3.05, 3.63) is 41.7 Å². The standard InChI is InChI=1S/C18H24N4O3/c1-12(2)9-14(18(24)25)11-19-17(23)10-16-13(3)22(21-20-16)15-7-5-4-6-8-15/h4-8,12,14H,9-11H2,1-3H3,(H,19,23)(H,24,25). The molecule has 1 heterocycles. The van der Waals surface area contributed by atoms with E-state index in [1.54, 1.807) is 4.68 Å². The smallest absolute Gasteiger partial charge is 0.308 e. The molecule has 0 saturated carbocycles. The SMILES string of the molecule is Cc1c(CC(=O)NCC(CC(C)C)C(=O)O)nnn1-c1ccccc1. The maximum atomic E-state index is 12.1. The van der Waals surface area contributed by atoms with Crippen LogP contribution in [0.2, 0.25) is 0 Å². The van der Waals surface area contributed by atoms with Crippen LogP contribution in [0.25, 0.3) is 5.69 Å². The van der Waals surface area contributed by atoms with Gasteiger partial charge in [-0.25, -0.2) is 4.68 Å². The van der Waals surface area contributed by atoms with Crippen LogP contribution < -0.4 is 5.32 Å². The number of nitrogens with zero attached hydrogens (tertiary/aromatic N) is 3. The van der Waals surface area contributed by atoms with Crippen LogP contribution in [-0.4, -0.2) is 38.5 Å². The molecule has 2 rings (SSSR count). The maximum Gasteiger partial charge on any atom is 0.308 e. The normalized spacial score (nSPS) is 12.2. The molecule has 1 aromatic heterocycles. The monoisotopic (exact) mass is 344 g/mol. The molecule has 0 saturated heterocycles. The number of hydrogen-bond donors (Lipinski definition) is 2. The summed E-state index contributed by atoms with van der Waals surface area (Å²) in [6.45, 7) is 5.90. The number of rotatable bonds is 8. The number of hydrogen-bond acceptors (Lipinski definition) is 4. The van der Waals surface area contributed by atoms with Crippen molar-refractivity contribution in [2.75, 3.05) is 6.54 Å². The summed E-state index contributed by atoms with van der Waals surface area (Å²) in [5.74, 6) is -1.46. The lowest BCUT2D eigenvalue weighted by molar-refractivity contribution is -0.142. The Bertz CT molecular complexity index is 725. The molecule has 7 heteroatoms. The van der Waals surface area contributed by atoms with Crippen LogP contribution in [0.4, 0.5) is 0 Å². The highest BCUT2D eigenvalue weighted by Gasteiger charge is 2.20. The first kappa shape index (κ1) is 18.6. The second kappa shape index (κ2) is 8.41. The molecule has 2 aromatic rings. The fourth-order valence-electron chi connectivity index (χ4n) is 2.63. The van der Waals surface area contributed by atoms with Crippen LogP contribution in [0.15, 0.2) is 30.3 Å². The molecule has 0 aliphatic heterocycles. The Morgan fingerprint density at radius 1 is 1.24 bits per heavy atom. The highest BCUT2D eigenvalue weighted by atomic mass is 16.4. The Morgan fingerprint density at radius 2 is 1.92 bits per heavy atom. The van der Waals surface area contributed by atoms with Gasteiger partial charge >= 0.3 is 5.97 Å². The van der Waals surface area contributed by atoms with Crippen molar-refractivity contribution in [3.63, 3.8) is 0 Å². The third-order valence-corrected chi connectivity index (χ3v) is 3.97. The molecule has 0 radical (unpaired) electrons. The highest BCUT2D eigenvalue weighted by molar-refractivity contribution is 5.79. The van der Waals surface area contributed by atoms with Crippen LogP contribution >= 0.6 is 0 Å². The van der Waals surface area contributed by atoms with Gasteiger partial charge in [-0.1, -0.05) is 37.3 Å². The van der Waals surface area contributed by atoms with E-state index in [0.29, 0.717) is 12.1 Å². The number of benzene rings is 1. The van der Waals surface area contributed by atoms with E-state index in [-0.39, 0.29) is 24.8 Å². The summed E-state index contributed by atoms with van der Waals surface area (Å²) in [6.07, 6.45) is 0.603. The average Bonchev–Trinajstić information content (AvgIpc) is 2.92. The zero-order valence-corrected chi connectivity index (χ0v) is 14.8. The van der Waals surface area contributed by atoms with E-state index >= 15 is 0 Å². The fraction of sp³-hybridized carbons (Fsp3) is 0.444. The molecule has 1 aromatic carbocycles. The summed E-state index contributed by atoms with van der Waals surface area (Å²) < 4.78 is 1.68. The Hall–Kier alpha value is -2.70. The van der Waals surface area contributed by atoms with Crippen LogP contribution in [-0.2, 0) is 16.0 Å². The first-order valence-electron chi connectivity index (χ1n) is 8.34. The summed E-state index contributed by atoms with van der Waals surface area (Å²) in [5, 5.41) is 20.1. The minimum Gasteiger partial charge on any atom is -0.481 e. The first-order chi connectivity index (χ1) is 11.9. The number of carboxylic acids is 1. The van der Waals surface area contributed by atoms with E-state index in [4.69, 9.17) is 0 Å². The Morgan fingerprint density at radius 3 is 2.52 bits per heavy atom. The third-order valence-electron chi connectivity index (χ3n) is 3.97. The van der Waals surface area contributed by atoms with Crippen molar-refractivity contribution in [2.24, 2.45) is 11.8 Å². The van der Waals surface area contributed by atoms with Gasteiger partial charge in [0.25, 0.3) is 0 Å². The summed E-state index contributed by atoms with van der Waals surface area (Å²) in [4.78, 5) is 23.4. The van der Waals surface area contributed by atoms with E-state index in [9.17, 15) is 14.7 Å². The summed E-state index contributed by atoms with van der Waals surface area (Å²) in [6, 6.07) is 9.55. The molecular weight excluding hydrogens is 320 g/mol. The molecule has 1 atom stereocenters. The van der Waals surface area contributed by atoms with Gasteiger partial charge in [0.05, 0.1) is 29.4 Å². The van der Waals surface area contributed by atoms with E-state index in [1.165, 1.54) is 0 Å². The van der Waals surface area contributed by atoms with Gasteiger partial charge in [0.2, 0.25) is 5.91 Å². The van der Waals surface area contributed by atoms with Gasteiger partial charge in [-0.15, -0.1) is 5.10 Å². The molecule has 1 unspecified atom stereocenters. The van der Waals surface area contributed by atoms with Gasteiger partial charge in [-0.05, 0) is 31.4 Å². The van der Waals surface area contributed by atoms with Crippen LogP contribution in [0.1, 0.15) is 31.7 Å². The van der Waals surface area contributed by atoms with Crippen molar-refractivity contribution >= 4 is 11.9 Å². The predicted octanol–water partition coefficient (Wildman–Crippen LogP) is 1.98. The van der Waals surface area contributed by atoms with Crippen molar-refractivity contribution < 1.29 is 14.7 Å². The van der Waals surface area contributed by atoms with E-state index in [2.05, 4.69) is 15.6 Å². The fourth-order valence-corrected chi connectivity index (χ4v) is 2.63. The number of carbonyl (C=O) groups excluding carboxylic acids is 1. The van der Waals surface area contributed by atoms with Crippen LogP contribution in [0.3, 0.4) is 0 Å². The van der Waals surface area contributed by atoms with Gasteiger partial charge in [0.15, 0.2) is 0 Å². The Balaban J connectivity index is 1.97. The first-order valence-corrected chi connectivity index (χ1v) is 8.34. The van der Waals surface area contributed by atoms with Gasteiger partial charge < -0.3 is 10.4 Å². The molecule has 134 valence electrons. The second-order valence-electron chi connectivity index (χ2n) is 6.51. The maximum absolute atomic E-state index is 12.1. The lowest BCUT2D eigenvalue weighted by atomic mass is 9.97. The highest BCUT2D eigenvalue weighted by Crippen LogP contribution is 2.13. The molecule has 0 aliphatic rings. The second-order valence-corrected chi connectivity index (χ2v) is 6.51. The largest absolute Gasteiger partial charge is 0.481 e. The molecule has 1 amide bonds. The lowest BCUT2D eigenvalue weighted by Crippen LogP contribution is -2.34. The third kappa shape index (κ3) is 5.14. The summed E-state index contributed by atoms with van der Waals surface area (Å²) in [5.41, 5.74) is 2.25. The van der Waals surface area contributed by atoms with Crippen molar-refractivity contribution in [2.45, 2.75) is 33.6 Å². The molecule has 25 heavy (non-hydrogen) atoms. The molecule has 7 nitrogen and oxygen atoms in total. The van der Waals surface area contributed by atoms with Gasteiger partial charge in [0.1, 0.15) is 0 Å². The average molecular weight is 344 g/mol. The van der Waals surface area contributed by atoms with Gasteiger partial charge in [-0.3, -0.25) is 9.59 Å².